The lowest BCUT2D eigenvalue weighted by Crippen LogP contribution is -2.28. The van der Waals surface area contributed by atoms with Crippen molar-refractivity contribution < 1.29 is 9.53 Å². The van der Waals surface area contributed by atoms with Crippen molar-refractivity contribution in [3.05, 3.63) is 52.9 Å². The maximum atomic E-state index is 13.0. The van der Waals surface area contributed by atoms with Crippen LogP contribution < -0.4 is 10.1 Å². The Morgan fingerprint density at radius 3 is 2.77 bits per heavy atom. The van der Waals surface area contributed by atoms with Crippen molar-refractivity contribution in [1.29, 1.82) is 5.26 Å². The molecule has 40 heavy (non-hydrogen) atoms. The molecule has 0 saturated heterocycles. The second-order valence-corrected chi connectivity index (χ2v) is 12.9. The topological polar surface area (TPSA) is 92.8 Å². The van der Waals surface area contributed by atoms with Crippen LogP contribution in [0.5, 0.6) is 5.75 Å². The number of aromatic nitrogens is 3. The van der Waals surface area contributed by atoms with Crippen LogP contribution in [0.3, 0.4) is 0 Å². The number of carbonyl (C=O) groups excluding carboxylic acids is 1. The summed E-state index contributed by atoms with van der Waals surface area (Å²) in [4.78, 5) is 14.2. The number of allylic oxidation sites excluding steroid dienone is 1. The normalized spacial score (nSPS) is 14.8. The number of nitrogens with one attached hydrogen (secondary N) is 1. The summed E-state index contributed by atoms with van der Waals surface area (Å²) in [6, 6.07) is 10.2. The van der Waals surface area contributed by atoms with Crippen molar-refractivity contribution in [1.82, 2.24) is 14.8 Å². The highest BCUT2D eigenvalue weighted by Gasteiger charge is 2.34. The minimum absolute atomic E-state index is 0.159. The third kappa shape index (κ3) is 6.79. The summed E-state index contributed by atoms with van der Waals surface area (Å²) in [6.45, 7) is 14.1. The smallest absolute Gasteiger partial charge is 0.235 e. The van der Waals surface area contributed by atoms with E-state index in [4.69, 9.17) is 4.74 Å². The summed E-state index contributed by atoms with van der Waals surface area (Å²) in [6.07, 6.45) is 7.98. The molecule has 0 fully saturated rings. The predicted octanol–water partition coefficient (Wildman–Crippen LogP) is 7.52. The van der Waals surface area contributed by atoms with Crippen LogP contribution in [0.2, 0.25) is 0 Å². The number of hydrogen-bond donors (Lipinski definition) is 1. The Kier molecular flexibility index (Phi) is 10.1. The Bertz CT molecular complexity index is 1370. The van der Waals surface area contributed by atoms with Gasteiger partial charge in [0.25, 0.3) is 0 Å². The van der Waals surface area contributed by atoms with E-state index in [9.17, 15) is 10.1 Å². The Labute approximate surface area is 246 Å². The number of nitrogens with zero attached hydrogens (tertiary/aromatic N) is 4. The zero-order valence-electron chi connectivity index (χ0n) is 24.0. The summed E-state index contributed by atoms with van der Waals surface area (Å²) in [5.74, 6) is 2.14. The molecular weight excluding hydrogens is 539 g/mol. The first-order chi connectivity index (χ1) is 19.3. The number of ether oxygens (including phenoxy) is 1. The third-order valence-electron chi connectivity index (χ3n) is 7.89. The number of unbranched alkanes of at least 4 members (excludes halogenated alkanes) is 1. The van der Waals surface area contributed by atoms with Gasteiger partial charge >= 0.3 is 0 Å². The zero-order valence-corrected chi connectivity index (χ0v) is 25.6. The van der Waals surface area contributed by atoms with Gasteiger partial charge in [0.1, 0.15) is 16.8 Å². The Morgan fingerprint density at radius 2 is 2.10 bits per heavy atom. The first-order valence-corrected chi connectivity index (χ1v) is 15.9. The predicted molar refractivity (Wildman–Crippen MR) is 164 cm³/mol. The molecule has 0 radical (unpaired) electrons. The first-order valence-electron chi connectivity index (χ1n) is 14.1. The van der Waals surface area contributed by atoms with Crippen LogP contribution in [0.15, 0.2) is 42.1 Å². The van der Waals surface area contributed by atoms with Gasteiger partial charge in [0.05, 0.1) is 17.9 Å². The van der Waals surface area contributed by atoms with E-state index in [-0.39, 0.29) is 17.1 Å². The lowest BCUT2D eigenvalue weighted by molar-refractivity contribution is -0.113. The molecule has 1 aromatic carbocycles. The number of thiophene rings is 1. The second kappa shape index (κ2) is 13.5. The maximum Gasteiger partial charge on any atom is 0.235 e. The third-order valence-corrected chi connectivity index (χ3v) is 10.0. The van der Waals surface area contributed by atoms with Gasteiger partial charge in [-0.05, 0) is 66.8 Å². The van der Waals surface area contributed by atoms with E-state index in [2.05, 4.69) is 55.9 Å². The lowest BCUT2D eigenvalue weighted by atomic mass is 9.69. The minimum atomic E-state index is -0.159. The molecule has 0 aliphatic heterocycles. The van der Waals surface area contributed by atoms with Crippen LogP contribution >= 0.6 is 23.1 Å². The van der Waals surface area contributed by atoms with Crippen LogP contribution in [-0.2, 0) is 24.2 Å². The van der Waals surface area contributed by atoms with Crippen molar-refractivity contribution in [2.24, 2.45) is 11.3 Å². The maximum absolute atomic E-state index is 13.0. The van der Waals surface area contributed by atoms with Gasteiger partial charge in [-0.1, -0.05) is 58.4 Å². The molecular formula is C31H39N5O2S2. The summed E-state index contributed by atoms with van der Waals surface area (Å²) in [5, 5.41) is 23.0. The van der Waals surface area contributed by atoms with E-state index in [1.165, 1.54) is 16.6 Å². The average Bonchev–Trinajstić information content (AvgIpc) is 3.52. The van der Waals surface area contributed by atoms with E-state index in [1.54, 1.807) is 17.4 Å². The van der Waals surface area contributed by atoms with Gasteiger partial charge in [-0.2, -0.15) is 5.26 Å². The van der Waals surface area contributed by atoms with Crippen LogP contribution in [0, 0.1) is 22.7 Å². The standard InChI is InChI=1S/C31H39N5O2S2/c1-6-9-17-38-23-13-10-21(11-14-23)28-34-35-30(36(28)16-7-2)39-20-27(37)33-29-25(19-32)24-15-12-22(18-26(24)40-29)31(4,5)8-3/h7,10-11,13-14,22H,2,6,8-9,12,15-18,20H2,1,3-5H3,(H,33,37). The fourth-order valence-electron chi connectivity index (χ4n) is 4.98. The number of rotatable bonds is 13. The summed E-state index contributed by atoms with van der Waals surface area (Å²) >= 11 is 2.89. The van der Waals surface area contributed by atoms with Gasteiger partial charge in [0, 0.05) is 17.0 Å². The van der Waals surface area contributed by atoms with Gasteiger partial charge in [0.2, 0.25) is 5.91 Å². The zero-order chi connectivity index (χ0) is 28.7. The molecule has 212 valence electrons. The summed E-state index contributed by atoms with van der Waals surface area (Å²) in [7, 11) is 0. The first kappa shape index (κ1) is 29.9. The number of anilines is 1. The highest BCUT2D eigenvalue weighted by Crippen LogP contribution is 2.45. The molecule has 7 nitrogen and oxygen atoms in total. The number of nitriles is 1. The van der Waals surface area contributed by atoms with Gasteiger partial charge in [-0.25, -0.2) is 0 Å². The Morgan fingerprint density at radius 1 is 1.32 bits per heavy atom. The van der Waals surface area contributed by atoms with Crippen LogP contribution in [-0.4, -0.2) is 33.0 Å². The van der Waals surface area contributed by atoms with Crippen LogP contribution in [0.25, 0.3) is 11.4 Å². The molecule has 2 heterocycles. The van der Waals surface area contributed by atoms with Gasteiger partial charge < -0.3 is 10.1 Å². The van der Waals surface area contributed by atoms with Gasteiger partial charge in [-0.3, -0.25) is 9.36 Å². The van der Waals surface area contributed by atoms with E-state index in [0.717, 1.165) is 55.4 Å². The van der Waals surface area contributed by atoms with Crippen molar-refractivity contribution in [3.63, 3.8) is 0 Å². The van der Waals surface area contributed by atoms with Crippen molar-refractivity contribution in [3.8, 4) is 23.2 Å². The quantitative estimate of drug-likeness (QED) is 0.128. The van der Waals surface area contributed by atoms with Crippen LogP contribution in [0.4, 0.5) is 5.00 Å². The van der Waals surface area contributed by atoms with Crippen molar-refractivity contribution in [2.45, 2.75) is 77.9 Å². The van der Waals surface area contributed by atoms with E-state index >= 15 is 0 Å². The summed E-state index contributed by atoms with van der Waals surface area (Å²) < 4.78 is 7.73. The monoisotopic (exact) mass is 577 g/mol. The number of hydrogen-bond acceptors (Lipinski definition) is 7. The highest BCUT2D eigenvalue weighted by molar-refractivity contribution is 7.99. The molecule has 9 heteroatoms. The molecule has 1 aliphatic carbocycles. The SMILES string of the molecule is C=CCn1c(SCC(=O)Nc2sc3c(c2C#N)CCC(C(C)(C)CC)C3)nnc1-c1ccc(OCCCC)cc1. The van der Waals surface area contributed by atoms with E-state index in [1.807, 2.05) is 28.8 Å². The van der Waals surface area contributed by atoms with Crippen molar-refractivity contribution >= 4 is 34.0 Å². The van der Waals surface area contributed by atoms with E-state index < -0.39 is 0 Å². The molecule has 1 aliphatic rings. The molecule has 1 amide bonds. The molecule has 0 spiro atoms. The van der Waals surface area contributed by atoms with Crippen molar-refractivity contribution in [2.75, 3.05) is 17.7 Å². The highest BCUT2D eigenvalue weighted by atomic mass is 32.2. The number of benzene rings is 1. The Balaban J connectivity index is 1.43. The molecule has 1 atom stereocenters. The molecule has 1 N–H and O–H groups in total. The fraction of sp³-hybridized carbons (Fsp3) is 0.484. The molecule has 4 rings (SSSR count). The number of amides is 1. The van der Waals surface area contributed by atoms with Crippen LogP contribution in [0.1, 0.15) is 69.4 Å². The number of thioether (sulfide) groups is 1. The summed E-state index contributed by atoms with van der Waals surface area (Å²) in [5.41, 5.74) is 2.93. The molecule has 0 bridgehead atoms. The van der Waals surface area contributed by atoms with E-state index in [0.29, 0.717) is 40.6 Å². The molecule has 3 aromatic rings. The molecule has 1 unspecified atom stereocenters. The van der Waals surface area contributed by atoms with Gasteiger partial charge in [-0.15, -0.1) is 28.1 Å². The largest absolute Gasteiger partial charge is 0.494 e. The Hall–Kier alpha value is -3.09. The number of carbonyl (C=O) groups is 1. The number of fused-ring (bicyclic) bond motifs is 1. The minimum Gasteiger partial charge on any atom is -0.494 e. The molecule has 2 aromatic heterocycles. The average molecular weight is 578 g/mol. The lowest BCUT2D eigenvalue weighted by Gasteiger charge is -2.36. The van der Waals surface area contributed by atoms with Gasteiger partial charge in [0.15, 0.2) is 11.0 Å². The fourth-order valence-corrected chi connectivity index (χ4v) is 7.02. The molecule has 0 saturated carbocycles. The second-order valence-electron chi connectivity index (χ2n) is 10.9.